The molecule has 1 atom stereocenters. The van der Waals surface area contributed by atoms with Gasteiger partial charge in [0.25, 0.3) is 0 Å². The Labute approximate surface area is 121 Å². The summed E-state index contributed by atoms with van der Waals surface area (Å²) in [6.45, 7) is 6.61. The molecule has 0 saturated carbocycles. The molecule has 0 aliphatic carbocycles. The molecule has 0 bridgehead atoms. The molecule has 0 N–H and O–H groups in total. The van der Waals surface area contributed by atoms with Gasteiger partial charge in [-0.2, -0.15) is 0 Å². The maximum absolute atomic E-state index is 11.3. The molecule has 5 heteroatoms. The Morgan fingerprint density at radius 3 is 2.76 bits per heavy atom. The first kappa shape index (κ1) is 14.5. The van der Waals surface area contributed by atoms with Gasteiger partial charge in [-0.15, -0.1) is 6.42 Å². The van der Waals surface area contributed by atoms with Crippen molar-refractivity contribution >= 4 is 16.9 Å². The van der Waals surface area contributed by atoms with Crippen molar-refractivity contribution in [2.24, 2.45) is 0 Å². The highest BCUT2D eigenvalue weighted by Crippen LogP contribution is 2.32. The summed E-state index contributed by atoms with van der Waals surface area (Å²) in [6, 6.07) is 5.73. The number of terminal acetylenes is 1. The van der Waals surface area contributed by atoms with E-state index in [2.05, 4.69) is 12.8 Å². The highest BCUT2D eigenvalue weighted by atomic mass is 16.5. The SMILES string of the molecule is C#CC([CH2+])(C)Oc1cc(OC(C)=O)cc2oc(=O)ccc12. The fourth-order valence-corrected chi connectivity index (χ4v) is 1.70. The van der Waals surface area contributed by atoms with Gasteiger partial charge in [0.15, 0.2) is 0 Å². The average molecular weight is 285 g/mol. The van der Waals surface area contributed by atoms with E-state index in [1.54, 1.807) is 13.0 Å². The zero-order valence-electron chi connectivity index (χ0n) is 11.6. The van der Waals surface area contributed by atoms with Gasteiger partial charge in [0, 0.05) is 32.0 Å². The first-order valence-electron chi connectivity index (χ1n) is 6.09. The van der Waals surface area contributed by atoms with Crippen LogP contribution in [0.2, 0.25) is 0 Å². The number of rotatable bonds is 3. The van der Waals surface area contributed by atoms with E-state index in [0.29, 0.717) is 11.1 Å². The molecule has 0 amide bonds. The molecule has 1 aromatic carbocycles. The largest absolute Gasteiger partial charge is 0.437 e. The second-order valence-corrected chi connectivity index (χ2v) is 4.66. The van der Waals surface area contributed by atoms with Crippen LogP contribution in [0.4, 0.5) is 0 Å². The Balaban J connectivity index is 2.63. The second-order valence-electron chi connectivity index (χ2n) is 4.66. The summed E-state index contributed by atoms with van der Waals surface area (Å²) in [7, 11) is 0. The molecule has 2 aromatic rings. The van der Waals surface area contributed by atoms with E-state index >= 15 is 0 Å². The lowest BCUT2D eigenvalue weighted by molar-refractivity contribution is -0.131. The van der Waals surface area contributed by atoms with E-state index < -0.39 is 17.2 Å². The Morgan fingerprint density at radius 1 is 1.43 bits per heavy atom. The summed E-state index contributed by atoms with van der Waals surface area (Å²) in [4.78, 5) is 22.4. The number of benzene rings is 1. The van der Waals surface area contributed by atoms with E-state index in [1.807, 2.05) is 0 Å². The highest BCUT2D eigenvalue weighted by Gasteiger charge is 2.26. The van der Waals surface area contributed by atoms with Crippen molar-refractivity contribution in [1.82, 2.24) is 0 Å². The van der Waals surface area contributed by atoms with Crippen molar-refractivity contribution in [1.29, 1.82) is 0 Å². The summed E-state index contributed by atoms with van der Waals surface area (Å²) < 4.78 is 15.7. The van der Waals surface area contributed by atoms with Gasteiger partial charge in [0.1, 0.15) is 24.0 Å². The van der Waals surface area contributed by atoms with Crippen LogP contribution < -0.4 is 15.1 Å². The van der Waals surface area contributed by atoms with Gasteiger partial charge in [0.05, 0.1) is 5.39 Å². The molecular formula is C16H13O5+. The molecule has 1 heterocycles. The molecule has 0 aliphatic heterocycles. The minimum absolute atomic E-state index is 0.187. The standard InChI is InChI=1S/C16H13O5/c1-5-16(3,4)21-14-9-11(19-10(2)17)8-13-12(14)6-7-15(18)20-13/h1,6-9H,3H2,2,4H3/q+1. The van der Waals surface area contributed by atoms with Crippen molar-refractivity contribution < 1.29 is 18.7 Å². The van der Waals surface area contributed by atoms with Gasteiger partial charge in [-0.3, -0.25) is 4.79 Å². The number of esters is 1. The van der Waals surface area contributed by atoms with Crippen LogP contribution in [0.1, 0.15) is 13.8 Å². The zero-order chi connectivity index (χ0) is 15.6. The molecule has 0 saturated heterocycles. The van der Waals surface area contributed by atoms with Crippen LogP contribution in [-0.4, -0.2) is 11.6 Å². The summed E-state index contributed by atoms with van der Waals surface area (Å²) in [5.41, 5.74) is -1.41. The smallest absolute Gasteiger partial charge is 0.336 e. The summed E-state index contributed by atoms with van der Waals surface area (Å²) in [6.07, 6.45) is 5.34. The van der Waals surface area contributed by atoms with Gasteiger partial charge in [-0.25, -0.2) is 4.79 Å². The van der Waals surface area contributed by atoms with Gasteiger partial charge < -0.3 is 13.9 Å². The minimum atomic E-state index is -1.11. The molecule has 0 aliphatic rings. The van der Waals surface area contributed by atoms with E-state index in [9.17, 15) is 9.59 Å². The second kappa shape index (κ2) is 5.25. The third-order valence-electron chi connectivity index (χ3n) is 2.58. The Bertz CT molecular complexity index is 792. The fourth-order valence-electron chi connectivity index (χ4n) is 1.70. The van der Waals surface area contributed by atoms with Crippen LogP contribution in [-0.2, 0) is 4.79 Å². The van der Waals surface area contributed by atoms with Gasteiger partial charge >= 0.3 is 17.2 Å². The molecule has 2 rings (SSSR count). The van der Waals surface area contributed by atoms with Crippen LogP contribution in [0.25, 0.3) is 11.0 Å². The lowest BCUT2D eigenvalue weighted by Crippen LogP contribution is -2.26. The molecule has 106 valence electrons. The molecule has 1 aromatic heterocycles. The minimum Gasteiger partial charge on any atom is -0.437 e. The maximum atomic E-state index is 11.3. The van der Waals surface area contributed by atoms with Gasteiger partial charge in [0.2, 0.25) is 0 Å². The van der Waals surface area contributed by atoms with Crippen LogP contribution in [0.5, 0.6) is 11.5 Å². The number of hydrogen-bond donors (Lipinski definition) is 0. The van der Waals surface area contributed by atoms with Crippen molar-refractivity contribution in [2.75, 3.05) is 0 Å². The Morgan fingerprint density at radius 2 is 2.14 bits per heavy atom. The predicted molar refractivity (Wildman–Crippen MR) is 77.0 cm³/mol. The van der Waals surface area contributed by atoms with Crippen molar-refractivity contribution in [2.45, 2.75) is 19.4 Å². The fraction of sp³-hybridized carbons (Fsp3) is 0.188. The van der Waals surface area contributed by atoms with Crippen molar-refractivity contribution in [3.8, 4) is 23.8 Å². The zero-order valence-corrected chi connectivity index (χ0v) is 11.6. The molecular weight excluding hydrogens is 272 g/mol. The first-order valence-corrected chi connectivity index (χ1v) is 6.09. The Kier molecular flexibility index (Phi) is 3.64. The van der Waals surface area contributed by atoms with E-state index in [1.165, 1.54) is 25.1 Å². The number of carbonyl (C=O) groups excluding carboxylic acids is 1. The van der Waals surface area contributed by atoms with Crippen LogP contribution in [0.3, 0.4) is 0 Å². The Hall–Kier alpha value is -2.87. The normalized spacial score (nSPS) is 13.2. The quantitative estimate of drug-likeness (QED) is 0.285. The average Bonchev–Trinajstić information content (AvgIpc) is 2.37. The lowest BCUT2D eigenvalue weighted by atomic mass is 10.1. The molecule has 0 fully saturated rings. The predicted octanol–water partition coefficient (Wildman–Crippen LogP) is 2.32. The number of fused-ring (bicyclic) bond motifs is 1. The monoisotopic (exact) mass is 285 g/mol. The number of ether oxygens (including phenoxy) is 2. The highest BCUT2D eigenvalue weighted by molar-refractivity contribution is 5.86. The first-order chi connectivity index (χ1) is 9.80. The van der Waals surface area contributed by atoms with Gasteiger partial charge in [-0.1, -0.05) is 0 Å². The van der Waals surface area contributed by atoms with Crippen LogP contribution >= 0.6 is 0 Å². The van der Waals surface area contributed by atoms with Crippen LogP contribution in [0.15, 0.2) is 33.5 Å². The van der Waals surface area contributed by atoms with E-state index in [-0.39, 0.29) is 11.3 Å². The summed E-state index contributed by atoms with van der Waals surface area (Å²) in [5, 5.41) is 0.524. The van der Waals surface area contributed by atoms with Gasteiger partial charge in [-0.05, 0) is 12.0 Å². The molecule has 0 radical (unpaired) electrons. The lowest BCUT2D eigenvalue weighted by Gasteiger charge is -2.16. The topological polar surface area (TPSA) is 65.7 Å². The van der Waals surface area contributed by atoms with Crippen LogP contribution in [0, 0.1) is 19.3 Å². The van der Waals surface area contributed by atoms with E-state index in [4.69, 9.17) is 20.3 Å². The summed E-state index contributed by atoms with van der Waals surface area (Å²) >= 11 is 0. The van der Waals surface area contributed by atoms with E-state index in [0.717, 1.165) is 0 Å². The molecule has 1 unspecified atom stereocenters. The summed E-state index contributed by atoms with van der Waals surface area (Å²) in [5.74, 6) is 2.38. The third kappa shape index (κ3) is 3.37. The number of carbonyl (C=O) groups is 1. The van der Waals surface area contributed by atoms with Crippen molar-refractivity contribution in [3.63, 3.8) is 0 Å². The third-order valence-corrected chi connectivity index (χ3v) is 2.58. The number of hydrogen-bond acceptors (Lipinski definition) is 5. The molecule has 21 heavy (non-hydrogen) atoms. The molecule has 0 spiro atoms. The molecule has 5 nitrogen and oxygen atoms in total. The maximum Gasteiger partial charge on any atom is 0.336 e. The van der Waals surface area contributed by atoms with Crippen molar-refractivity contribution in [3.05, 3.63) is 41.6 Å².